The van der Waals surface area contributed by atoms with Crippen molar-refractivity contribution < 1.29 is 18.7 Å². The number of esters is 1. The van der Waals surface area contributed by atoms with Crippen molar-refractivity contribution in [3.63, 3.8) is 0 Å². The van der Waals surface area contributed by atoms with Crippen molar-refractivity contribution in [1.29, 1.82) is 0 Å². The van der Waals surface area contributed by atoms with Crippen LogP contribution < -0.4 is 5.32 Å². The van der Waals surface area contributed by atoms with Crippen LogP contribution >= 0.6 is 15.9 Å². The Hall–Kier alpha value is -2.60. The maximum absolute atomic E-state index is 12.0. The summed E-state index contributed by atoms with van der Waals surface area (Å²) < 4.78 is 11.3. The molecule has 2 aromatic carbocycles. The molecule has 3 aromatic rings. The van der Waals surface area contributed by atoms with Gasteiger partial charge in [0.25, 0.3) is 5.91 Å². The van der Waals surface area contributed by atoms with Gasteiger partial charge in [0.1, 0.15) is 5.58 Å². The molecule has 3 rings (SSSR count). The van der Waals surface area contributed by atoms with Crippen LogP contribution in [0.4, 0.5) is 5.69 Å². The van der Waals surface area contributed by atoms with Crippen molar-refractivity contribution in [1.82, 2.24) is 0 Å². The molecule has 0 fully saturated rings. The lowest BCUT2D eigenvalue weighted by Gasteiger charge is -2.08. The average Bonchev–Trinajstić information content (AvgIpc) is 2.97. The van der Waals surface area contributed by atoms with E-state index in [-0.39, 0.29) is 13.0 Å². The zero-order chi connectivity index (χ0) is 18.7. The Balaban J connectivity index is 1.55. The number of anilines is 1. The fourth-order valence-electron chi connectivity index (χ4n) is 2.59. The third-order valence-electron chi connectivity index (χ3n) is 3.91. The first-order valence-electron chi connectivity index (χ1n) is 8.11. The molecule has 0 radical (unpaired) electrons. The van der Waals surface area contributed by atoms with Gasteiger partial charge in [-0.25, -0.2) is 0 Å². The lowest BCUT2D eigenvalue weighted by atomic mass is 10.1. The predicted octanol–water partition coefficient (Wildman–Crippen LogP) is 4.54. The number of carbonyl (C=O) groups excluding carboxylic acids is 2. The molecule has 0 aliphatic rings. The summed E-state index contributed by atoms with van der Waals surface area (Å²) in [6.07, 6.45) is 1.60. The van der Waals surface area contributed by atoms with Crippen molar-refractivity contribution >= 4 is 44.5 Å². The molecule has 0 saturated carbocycles. The molecular formula is C20H18BrNO4. The maximum atomic E-state index is 12.0. The number of ether oxygens (including phenoxy) is 1. The Bertz CT molecular complexity index is 977. The van der Waals surface area contributed by atoms with Gasteiger partial charge in [-0.05, 0) is 59.1 Å². The van der Waals surface area contributed by atoms with Gasteiger partial charge < -0.3 is 14.5 Å². The molecule has 1 heterocycles. The first kappa shape index (κ1) is 18.2. The minimum atomic E-state index is -0.480. The van der Waals surface area contributed by atoms with E-state index in [1.165, 1.54) is 0 Å². The molecule has 1 amide bonds. The topological polar surface area (TPSA) is 68.5 Å². The molecule has 0 spiro atoms. The number of halogens is 1. The first-order valence-corrected chi connectivity index (χ1v) is 8.90. The van der Waals surface area contributed by atoms with Gasteiger partial charge in [-0.1, -0.05) is 18.2 Å². The van der Waals surface area contributed by atoms with E-state index < -0.39 is 11.9 Å². The van der Waals surface area contributed by atoms with Crippen molar-refractivity contribution in [3.05, 3.63) is 63.8 Å². The van der Waals surface area contributed by atoms with Gasteiger partial charge >= 0.3 is 5.97 Å². The normalized spacial score (nSPS) is 10.7. The summed E-state index contributed by atoms with van der Waals surface area (Å²) in [6, 6.07) is 11.4. The molecule has 0 unspecified atom stereocenters. The molecule has 1 N–H and O–H groups in total. The Morgan fingerprint density at radius 2 is 1.85 bits per heavy atom. The standard InChI is InChI=1S/C20H18BrNO4/c1-12-4-6-17(16(21)7-12)22-19(23)11-26-20(24)9-14-10-25-18-8-13(2)3-5-15(14)18/h3-8,10H,9,11H2,1-2H3,(H,22,23). The lowest BCUT2D eigenvalue weighted by molar-refractivity contribution is -0.146. The van der Waals surface area contributed by atoms with Crippen LogP contribution in [0.1, 0.15) is 16.7 Å². The van der Waals surface area contributed by atoms with Gasteiger partial charge in [-0.15, -0.1) is 0 Å². The van der Waals surface area contributed by atoms with Crippen LogP contribution in [0.5, 0.6) is 0 Å². The smallest absolute Gasteiger partial charge is 0.310 e. The number of benzene rings is 2. The van der Waals surface area contributed by atoms with Gasteiger partial charge in [-0.2, -0.15) is 0 Å². The van der Waals surface area contributed by atoms with Crippen molar-refractivity contribution in [2.24, 2.45) is 0 Å². The van der Waals surface area contributed by atoms with Gasteiger partial charge in [0.15, 0.2) is 6.61 Å². The summed E-state index contributed by atoms with van der Waals surface area (Å²) in [5.74, 6) is -0.873. The average molecular weight is 416 g/mol. The van der Waals surface area contributed by atoms with E-state index in [0.29, 0.717) is 5.69 Å². The second-order valence-electron chi connectivity index (χ2n) is 6.13. The summed E-state index contributed by atoms with van der Waals surface area (Å²) in [7, 11) is 0. The fraction of sp³-hybridized carbons (Fsp3) is 0.200. The third-order valence-corrected chi connectivity index (χ3v) is 4.57. The summed E-state index contributed by atoms with van der Waals surface area (Å²) in [6.45, 7) is 3.59. The predicted molar refractivity (Wildman–Crippen MR) is 103 cm³/mol. The van der Waals surface area contributed by atoms with Crippen LogP contribution in [0.2, 0.25) is 0 Å². The maximum Gasteiger partial charge on any atom is 0.310 e. The molecule has 1 aromatic heterocycles. The Kier molecular flexibility index (Phi) is 5.42. The van der Waals surface area contributed by atoms with Crippen LogP contribution in [-0.4, -0.2) is 18.5 Å². The van der Waals surface area contributed by atoms with E-state index in [9.17, 15) is 9.59 Å². The lowest BCUT2D eigenvalue weighted by Crippen LogP contribution is -2.21. The Labute approximate surface area is 159 Å². The highest BCUT2D eigenvalue weighted by molar-refractivity contribution is 9.10. The van der Waals surface area contributed by atoms with Crippen molar-refractivity contribution in [2.75, 3.05) is 11.9 Å². The van der Waals surface area contributed by atoms with Gasteiger partial charge in [0.05, 0.1) is 18.4 Å². The Morgan fingerprint density at radius 3 is 2.62 bits per heavy atom. The number of carbonyl (C=O) groups is 2. The molecule has 0 aliphatic heterocycles. The second kappa shape index (κ2) is 7.74. The number of hydrogen-bond donors (Lipinski definition) is 1. The van der Waals surface area contributed by atoms with Crippen molar-refractivity contribution in [3.8, 4) is 0 Å². The number of nitrogens with one attached hydrogen (secondary N) is 1. The van der Waals surface area contributed by atoms with Crippen LogP contribution in [0.3, 0.4) is 0 Å². The van der Waals surface area contributed by atoms with E-state index in [2.05, 4.69) is 21.2 Å². The van der Waals surface area contributed by atoms with E-state index in [0.717, 1.165) is 32.1 Å². The summed E-state index contributed by atoms with van der Waals surface area (Å²) in [4.78, 5) is 24.0. The fourth-order valence-corrected chi connectivity index (χ4v) is 3.18. The molecular weight excluding hydrogens is 398 g/mol. The van der Waals surface area contributed by atoms with Crippen LogP contribution in [-0.2, 0) is 20.7 Å². The number of furan rings is 1. The van der Waals surface area contributed by atoms with E-state index in [4.69, 9.17) is 9.15 Å². The molecule has 0 bridgehead atoms. The zero-order valence-corrected chi connectivity index (χ0v) is 16.1. The molecule has 0 atom stereocenters. The monoisotopic (exact) mass is 415 g/mol. The van der Waals surface area contributed by atoms with Crippen molar-refractivity contribution in [2.45, 2.75) is 20.3 Å². The van der Waals surface area contributed by atoms with E-state index >= 15 is 0 Å². The SMILES string of the molecule is Cc1ccc(NC(=O)COC(=O)Cc2coc3cc(C)ccc23)c(Br)c1. The van der Waals surface area contributed by atoms with Gasteiger partial charge in [-0.3, -0.25) is 9.59 Å². The molecule has 6 heteroatoms. The Morgan fingerprint density at radius 1 is 1.12 bits per heavy atom. The largest absolute Gasteiger partial charge is 0.464 e. The van der Waals surface area contributed by atoms with Crippen LogP contribution in [0.15, 0.2) is 51.6 Å². The van der Waals surface area contributed by atoms with E-state index in [1.54, 1.807) is 12.3 Å². The summed E-state index contributed by atoms with van der Waals surface area (Å²) in [5, 5.41) is 3.58. The van der Waals surface area contributed by atoms with Crippen LogP contribution in [0, 0.1) is 13.8 Å². The molecule has 5 nitrogen and oxygen atoms in total. The van der Waals surface area contributed by atoms with Crippen LogP contribution in [0.25, 0.3) is 11.0 Å². The first-order chi connectivity index (χ1) is 12.4. The van der Waals surface area contributed by atoms with Gasteiger partial charge in [0.2, 0.25) is 0 Å². The number of aryl methyl sites for hydroxylation is 2. The number of hydrogen-bond acceptors (Lipinski definition) is 4. The second-order valence-corrected chi connectivity index (χ2v) is 6.98. The molecule has 26 heavy (non-hydrogen) atoms. The molecule has 134 valence electrons. The van der Waals surface area contributed by atoms with Gasteiger partial charge in [0, 0.05) is 15.4 Å². The quantitative estimate of drug-likeness (QED) is 0.621. The highest BCUT2D eigenvalue weighted by Crippen LogP contribution is 2.24. The summed E-state index contributed by atoms with van der Waals surface area (Å²) in [5.41, 5.74) is 4.26. The number of rotatable bonds is 5. The number of fused-ring (bicyclic) bond motifs is 1. The molecule has 0 aliphatic carbocycles. The highest BCUT2D eigenvalue weighted by atomic mass is 79.9. The highest BCUT2D eigenvalue weighted by Gasteiger charge is 2.14. The molecule has 0 saturated heterocycles. The van der Waals surface area contributed by atoms with E-state index in [1.807, 2.05) is 44.2 Å². The summed E-state index contributed by atoms with van der Waals surface area (Å²) >= 11 is 3.39. The number of amides is 1. The minimum absolute atomic E-state index is 0.0531. The third kappa shape index (κ3) is 4.32. The zero-order valence-electron chi connectivity index (χ0n) is 14.5. The minimum Gasteiger partial charge on any atom is -0.464 e.